The van der Waals surface area contributed by atoms with Crippen LogP contribution in [0.5, 0.6) is 0 Å². The van der Waals surface area contributed by atoms with Crippen LogP contribution in [0, 0.1) is 17.3 Å². The monoisotopic (exact) mass is 408 g/mol. The average Bonchev–Trinajstić information content (AvgIpc) is 2.96. The molecule has 0 N–H and O–H groups in total. The van der Waals surface area contributed by atoms with Gasteiger partial charge in [0.2, 0.25) is 0 Å². The number of hydrogen-bond donors (Lipinski definition) is 0. The van der Waals surface area contributed by atoms with Crippen LogP contribution < -0.4 is 0 Å². The van der Waals surface area contributed by atoms with E-state index in [0.717, 1.165) is 6.42 Å². The summed E-state index contributed by atoms with van der Waals surface area (Å²) in [7, 11) is 0.861. The van der Waals surface area contributed by atoms with Gasteiger partial charge in [0.1, 0.15) is 0 Å². The number of rotatable bonds is 5. The summed E-state index contributed by atoms with van der Waals surface area (Å²) >= 11 is 0. The smallest absolute Gasteiger partial charge is 0.323 e. The lowest BCUT2D eigenvalue weighted by Crippen LogP contribution is -2.41. The van der Waals surface area contributed by atoms with Crippen molar-refractivity contribution in [2.45, 2.75) is 65.1 Å². The van der Waals surface area contributed by atoms with Crippen LogP contribution in [0.2, 0.25) is 18.1 Å². The number of fused-ring (bicyclic) bond motifs is 1. The zero-order valence-corrected chi connectivity index (χ0v) is 19.7. The maximum atomic E-state index is 12.5. The Bertz CT molecular complexity index is 668. The van der Waals surface area contributed by atoms with Gasteiger partial charge in [-0.2, -0.15) is 0 Å². The molecule has 2 aliphatic rings. The summed E-state index contributed by atoms with van der Waals surface area (Å²) in [6.45, 7) is 14.1. The van der Waals surface area contributed by atoms with E-state index in [0.29, 0.717) is 25.4 Å². The Balaban J connectivity index is 2.19. The van der Waals surface area contributed by atoms with Crippen molar-refractivity contribution < 1.29 is 23.5 Å². The Kier molecular flexibility index (Phi) is 6.66. The van der Waals surface area contributed by atoms with Gasteiger partial charge in [-0.3, -0.25) is 9.59 Å². The van der Waals surface area contributed by atoms with Gasteiger partial charge in [0.05, 0.1) is 14.2 Å². The van der Waals surface area contributed by atoms with Crippen LogP contribution in [-0.2, 0) is 23.5 Å². The molecule has 2 aliphatic carbocycles. The van der Waals surface area contributed by atoms with Crippen molar-refractivity contribution in [1.82, 2.24) is 0 Å². The molecule has 2 atom stereocenters. The third-order valence-corrected chi connectivity index (χ3v) is 11.4. The van der Waals surface area contributed by atoms with Crippen LogP contribution in [0.3, 0.4) is 0 Å². The van der Waals surface area contributed by atoms with Crippen LogP contribution >= 0.6 is 0 Å². The Morgan fingerprint density at radius 1 is 1.14 bits per heavy atom. The van der Waals surface area contributed by atoms with E-state index in [1.807, 2.05) is 0 Å². The Morgan fingerprint density at radius 3 is 2.21 bits per heavy atom. The van der Waals surface area contributed by atoms with Crippen molar-refractivity contribution in [3.63, 3.8) is 0 Å². The summed E-state index contributed by atoms with van der Waals surface area (Å²) in [5, 5.41) is 0.187. The highest BCUT2D eigenvalue weighted by Crippen LogP contribution is 2.50. The SMILES string of the molecule is COC(=O)C1(C(=O)OC)CC2=C(C)C[C@@H](CO[Si](C)(C)C(C)(C)C)C=C[C@@H]2C1. The third kappa shape index (κ3) is 4.28. The predicted molar refractivity (Wildman–Crippen MR) is 112 cm³/mol. The van der Waals surface area contributed by atoms with Crippen LogP contribution in [0.1, 0.15) is 47.0 Å². The topological polar surface area (TPSA) is 61.8 Å². The molecule has 5 nitrogen and oxygen atoms in total. The Labute approximate surface area is 170 Å². The van der Waals surface area contributed by atoms with Crippen LogP contribution in [0.15, 0.2) is 23.3 Å². The fourth-order valence-corrected chi connectivity index (χ4v) is 5.06. The van der Waals surface area contributed by atoms with E-state index in [9.17, 15) is 9.59 Å². The van der Waals surface area contributed by atoms with Crippen molar-refractivity contribution in [2.24, 2.45) is 17.3 Å². The van der Waals surface area contributed by atoms with E-state index < -0.39 is 25.7 Å². The summed E-state index contributed by atoms with van der Waals surface area (Å²) < 4.78 is 16.3. The van der Waals surface area contributed by atoms with Gasteiger partial charge >= 0.3 is 11.9 Å². The summed E-state index contributed by atoms with van der Waals surface area (Å²) in [6.07, 6.45) is 6.03. The predicted octanol–water partition coefficient (Wildman–Crippen LogP) is 4.64. The standard InChI is InChI=1S/C22H36O5Si/c1-15-11-16(14-27-28(7,8)21(2,3)4)9-10-17-12-22(13-18(15)17,19(23)25-5)20(24)26-6/h9-10,16-17H,11-14H2,1-8H3/t16-,17+/m0/s1. The molecule has 0 amide bonds. The summed E-state index contributed by atoms with van der Waals surface area (Å²) in [5.41, 5.74) is 1.19. The minimum Gasteiger partial charge on any atom is -0.468 e. The Morgan fingerprint density at radius 2 is 1.71 bits per heavy atom. The molecular weight excluding hydrogens is 372 g/mol. The molecule has 0 bridgehead atoms. The fraction of sp³-hybridized carbons (Fsp3) is 0.727. The maximum Gasteiger partial charge on any atom is 0.323 e. The summed E-state index contributed by atoms with van der Waals surface area (Å²) in [6, 6.07) is 0. The van der Waals surface area contributed by atoms with Gasteiger partial charge in [-0.1, -0.05) is 44.1 Å². The quantitative estimate of drug-likeness (QED) is 0.287. The van der Waals surface area contributed by atoms with E-state index >= 15 is 0 Å². The lowest BCUT2D eigenvalue weighted by molar-refractivity contribution is -0.168. The fourth-order valence-electron chi connectivity index (χ4n) is 3.99. The number of methoxy groups -OCH3 is 2. The minimum absolute atomic E-state index is 0.0658. The van der Waals surface area contributed by atoms with Crippen molar-refractivity contribution in [3.8, 4) is 0 Å². The van der Waals surface area contributed by atoms with Gasteiger partial charge in [0.25, 0.3) is 0 Å². The summed E-state index contributed by atoms with van der Waals surface area (Å²) in [5.74, 6) is -0.619. The number of esters is 2. The number of carbonyl (C=O) groups is 2. The van der Waals surface area contributed by atoms with Gasteiger partial charge in [-0.05, 0) is 50.2 Å². The first-order chi connectivity index (χ1) is 12.9. The third-order valence-electron chi connectivity index (χ3n) is 6.86. The average molecular weight is 409 g/mol. The van der Waals surface area contributed by atoms with E-state index in [-0.39, 0.29) is 11.0 Å². The summed E-state index contributed by atoms with van der Waals surface area (Å²) in [4.78, 5) is 24.9. The second-order valence-corrected chi connectivity index (χ2v) is 14.6. The second kappa shape index (κ2) is 8.15. The Hall–Kier alpha value is -1.40. The van der Waals surface area contributed by atoms with Crippen LogP contribution in [0.25, 0.3) is 0 Å². The number of carbonyl (C=O) groups excluding carboxylic acids is 2. The molecule has 0 heterocycles. The molecular formula is C22H36O5Si. The molecule has 6 heteroatoms. The highest BCUT2D eigenvalue weighted by Gasteiger charge is 2.55. The number of hydrogen-bond acceptors (Lipinski definition) is 5. The molecule has 28 heavy (non-hydrogen) atoms. The molecule has 0 aromatic rings. The maximum absolute atomic E-state index is 12.5. The van der Waals surface area contributed by atoms with E-state index in [2.05, 4.69) is 52.9 Å². The molecule has 0 saturated heterocycles. The zero-order valence-electron chi connectivity index (χ0n) is 18.7. The second-order valence-electron chi connectivity index (χ2n) is 9.78. The van der Waals surface area contributed by atoms with Crippen molar-refractivity contribution >= 4 is 20.3 Å². The molecule has 158 valence electrons. The molecule has 0 unspecified atom stereocenters. The molecule has 1 fully saturated rings. The molecule has 0 radical (unpaired) electrons. The molecule has 1 saturated carbocycles. The van der Waals surface area contributed by atoms with E-state index in [1.165, 1.54) is 25.4 Å². The first kappa shape index (κ1) is 22.9. The highest BCUT2D eigenvalue weighted by atomic mass is 28.4. The van der Waals surface area contributed by atoms with Gasteiger partial charge in [-0.15, -0.1) is 0 Å². The number of ether oxygens (including phenoxy) is 2. The normalized spacial score (nSPS) is 24.6. The van der Waals surface area contributed by atoms with Gasteiger partial charge in [-0.25, -0.2) is 0 Å². The molecule has 0 aromatic carbocycles. The number of allylic oxidation sites excluding steroid dienone is 3. The largest absolute Gasteiger partial charge is 0.468 e. The van der Waals surface area contributed by atoms with Gasteiger partial charge in [0, 0.05) is 12.5 Å². The molecule has 0 spiro atoms. The molecule has 0 aromatic heterocycles. The van der Waals surface area contributed by atoms with Crippen molar-refractivity contribution in [2.75, 3.05) is 20.8 Å². The minimum atomic E-state index is -1.79. The van der Waals surface area contributed by atoms with Gasteiger partial charge < -0.3 is 13.9 Å². The van der Waals surface area contributed by atoms with Crippen molar-refractivity contribution in [1.29, 1.82) is 0 Å². The first-order valence-electron chi connectivity index (χ1n) is 10.1. The van der Waals surface area contributed by atoms with Gasteiger partial charge in [0.15, 0.2) is 13.7 Å². The molecule has 0 aliphatic heterocycles. The van der Waals surface area contributed by atoms with Crippen LogP contribution in [0.4, 0.5) is 0 Å². The highest BCUT2D eigenvalue weighted by molar-refractivity contribution is 6.74. The van der Waals surface area contributed by atoms with E-state index in [1.54, 1.807) is 0 Å². The lowest BCUT2D eigenvalue weighted by Gasteiger charge is -2.37. The van der Waals surface area contributed by atoms with Crippen molar-refractivity contribution in [3.05, 3.63) is 23.3 Å². The lowest BCUT2D eigenvalue weighted by atomic mass is 9.84. The van der Waals surface area contributed by atoms with Crippen LogP contribution in [-0.4, -0.2) is 41.1 Å². The first-order valence-corrected chi connectivity index (χ1v) is 13.0. The molecule has 2 rings (SSSR count). The van der Waals surface area contributed by atoms with E-state index in [4.69, 9.17) is 13.9 Å². The zero-order chi connectivity index (χ0) is 21.3.